The Bertz CT molecular complexity index is 594. The third-order valence-electron chi connectivity index (χ3n) is 3.24. The van der Waals surface area contributed by atoms with Crippen molar-refractivity contribution in [2.24, 2.45) is 0 Å². The summed E-state index contributed by atoms with van der Waals surface area (Å²) < 4.78 is 0. The molecule has 21 heavy (non-hydrogen) atoms. The molecule has 2 aromatic rings. The van der Waals surface area contributed by atoms with Crippen LogP contribution in [0.15, 0.2) is 24.5 Å². The lowest BCUT2D eigenvalue weighted by Crippen LogP contribution is -2.26. The number of nitrogens with zero attached hydrogens (tertiary/aromatic N) is 3. The number of rotatable bonds is 6. The Morgan fingerprint density at radius 3 is 2.86 bits per heavy atom. The average molecular weight is 287 g/mol. The van der Waals surface area contributed by atoms with E-state index < -0.39 is 0 Å². The zero-order valence-electron chi connectivity index (χ0n) is 12.7. The molecule has 0 bridgehead atoms. The molecule has 1 amide bonds. The molecule has 112 valence electrons. The van der Waals surface area contributed by atoms with Crippen molar-refractivity contribution in [1.82, 2.24) is 20.1 Å². The highest BCUT2D eigenvalue weighted by Crippen LogP contribution is 2.17. The zero-order chi connectivity index (χ0) is 15.2. The molecule has 2 N–H and O–H groups in total. The fourth-order valence-electron chi connectivity index (χ4n) is 2.08. The number of nitrogens with one attached hydrogen (secondary N) is 2. The van der Waals surface area contributed by atoms with Crippen LogP contribution in [0.4, 0.5) is 5.69 Å². The van der Waals surface area contributed by atoms with Gasteiger partial charge in [0.1, 0.15) is 12.2 Å². The van der Waals surface area contributed by atoms with Gasteiger partial charge < -0.3 is 10.2 Å². The maximum absolute atomic E-state index is 12.4. The summed E-state index contributed by atoms with van der Waals surface area (Å²) >= 11 is 0. The Morgan fingerprint density at radius 1 is 1.43 bits per heavy atom. The summed E-state index contributed by atoms with van der Waals surface area (Å²) in [5.41, 5.74) is 2.82. The number of aromatic nitrogens is 3. The minimum absolute atomic E-state index is 0.0310. The fourth-order valence-corrected chi connectivity index (χ4v) is 2.08. The molecule has 0 spiro atoms. The topological polar surface area (TPSA) is 73.9 Å². The van der Waals surface area contributed by atoms with Crippen LogP contribution in [0.25, 0.3) is 0 Å². The average Bonchev–Trinajstić information content (AvgIpc) is 2.98. The standard InChI is InChI=1S/C15H21N5O/c1-4-7-16-13-6-5-12(8-11(13)2)15(21)20(3)9-14-17-10-18-19-14/h5-6,8,10,16H,4,7,9H2,1-3H3,(H,17,18,19). The van der Waals surface area contributed by atoms with Gasteiger partial charge in [-0.1, -0.05) is 6.92 Å². The van der Waals surface area contributed by atoms with Crippen LogP contribution in [-0.4, -0.2) is 39.6 Å². The van der Waals surface area contributed by atoms with Crippen LogP contribution in [0.5, 0.6) is 0 Å². The zero-order valence-corrected chi connectivity index (χ0v) is 12.7. The minimum Gasteiger partial charge on any atom is -0.385 e. The number of benzene rings is 1. The third kappa shape index (κ3) is 3.81. The normalized spacial score (nSPS) is 10.4. The summed E-state index contributed by atoms with van der Waals surface area (Å²) in [6.45, 7) is 5.47. The van der Waals surface area contributed by atoms with Crippen LogP contribution in [0.1, 0.15) is 35.1 Å². The summed E-state index contributed by atoms with van der Waals surface area (Å²) in [4.78, 5) is 18.0. The van der Waals surface area contributed by atoms with Crippen LogP contribution in [0.3, 0.4) is 0 Å². The molecule has 2 rings (SSSR count). The molecule has 0 aliphatic rings. The van der Waals surface area contributed by atoms with Gasteiger partial charge in [-0.3, -0.25) is 9.89 Å². The van der Waals surface area contributed by atoms with Gasteiger partial charge in [0, 0.05) is 24.8 Å². The number of carbonyl (C=O) groups is 1. The van der Waals surface area contributed by atoms with Crippen molar-refractivity contribution in [2.75, 3.05) is 18.9 Å². The molecule has 0 saturated heterocycles. The molecule has 0 fully saturated rings. The monoisotopic (exact) mass is 287 g/mol. The molecule has 0 aliphatic carbocycles. The van der Waals surface area contributed by atoms with Gasteiger partial charge in [0.15, 0.2) is 0 Å². The Kier molecular flexibility index (Phi) is 4.92. The van der Waals surface area contributed by atoms with Gasteiger partial charge in [-0.15, -0.1) is 0 Å². The van der Waals surface area contributed by atoms with E-state index in [0.717, 1.165) is 24.2 Å². The molecule has 6 heteroatoms. The molecule has 0 radical (unpaired) electrons. The first kappa shape index (κ1) is 15.0. The van der Waals surface area contributed by atoms with Crippen molar-refractivity contribution in [3.63, 3.8) is 0 Å². The van der Waals surface area contributed by atoms with E-state index in [0.29, 0.717) is 17.9 Å². The molecule has 0 unspecified atom stereocenters. The molecule has 0 saturated carbocycles. The molecule has 1 aromatic carbocycles. The second-order valence-corrected chi connectivity index (χ2v) is 5.05. The van der Waals surface area contributed by atoms with Crippen molar-refractivity contribution < 1.29 is 4.79 Å². The van der Waals surface area contributed by atoms with Crippen molar-refractivity contribution in [3.05, 3.63) is 41.5 Å². The number of aryl methyl sites for hydroxylation is 1. The van der Waals surface area contributed by atoms with Gasteiger partial charge in [-0.2, -0.15) is 5.10 Å². The van der Waals surface area contributed by atoms with Crippen molar-refractivity contribution >= 4 is 11.6 Å². The van der Waals surface area contributed by atoms with Gasteiger partial charge in [0.2, 0.25) is 0 Å². The second kappa shape index (κ2) is 6.88. The van der Waals surface area contributed by atoms with Gasteiger partial charge in [-0.05, 0) is 37.1 Å². The summed E-state index contributed by atoms with van der Waals surface area (Å²) in [5.74, 6) is 0.639. The minimum atomic E-state index is -0.0310. The lowest BCUT2D eigenvalue weighted by molar-refractivity contribution is 0.0781. The molecule has 0 atom stereocenters. The van der Waals surface area contributed by atoms with Crippen LogP contribution in [0, 0.1) is 6.92 Å². The maximum Gasteiger partial charge on any atom is 0.254 e. The van der Waals surface area contributed by atoms with Gasteiger partial charge in [0.25, 0.3) is 5.91 Å². The smallest absolute Gasteiger partial charge is 0.254 e. The van der Waals surface area contributed by atoms with Crippen LogP contribution in [-0.2, 0) is 6.54 Å². The highest BCUT2D eigenvalue weighted by atomic mass is 16.2. The fraction of sp³-hybridized carbons (Fsp3) is 0.400. The van der Waals surface area contributed by atoms with Gasteiger partial charge in [-0.25, -0.2) is 4.98 Å². The number of anilines is 1. The van der Waals surface area contributed by atoms with E-state index in [-0.39, 0.29) is 5.91 Å². The predicted molar refractivity (Wildman–Crippen MR) is 82.1 cm³/mol. The molecule has 0 aliphatic heterocycles. The van der Waals surface area contributed by atoms with E-state index in [1.165, 1.54) is 6.33 Å². The second-order valence-electron chi connectivity index (χ2n) is 5.05. The van der Waals surface area contributed by atoms with Gasteiger partial charge in [0.05, 0.1) is 6.54 Å². The first-order valence-corrected chi connectivity index (χ1v) is 7.06. The lowest BCUT2D eigenvalue weighted by Gasteiger charge is -2.17. The highest BCUT2D eigenvalue weighted by Gasteiger charge is 2.14. The van der Waals surface area contributed by atoms with Gasteiger partial charge >= 0.3 is 0 Å². The summed E-state index contributed by atoms with van der Waals surface area (Å²) in [5, 5.41) is 9.88. The van der Waals surface area contributed by atoms with E-state index >= 15 is 0 Å². The summed E-state index contributed by atoms with van der Waals surface area (Å²) in [7, 11) is 1.75. The summed E-state index contributed by atoms with van der Waals surface area (Å²) in [6, 6.07) is 5.72. The molecular formula is C15H21N5O. The summed E-state index contributed by atoms with van der Waals surface area (Å²) in [6.07, 6.45) is 2.51. The molecule has 6 nitrogen and oxygen atoms in total. The van der Waals surface area contributed by atoms with Crippen molar-refractivity contribution in [3.8, 4) is 0 Å². The van der Waals surface area contributed by atoms with Crippen molar-refractivity contribution in [2.45, 2.75) is 26.8 Å². The highest BCUT2D eigenvalue weighted by molar-refractivity contribution is 5.94. The number of aromatic amines is 1. The van der Waals surface area contributed by atoms with E-state index in [1.54, 1.807) is 11.9 Å². The Labute approximate surface area is 124 Å². The largest absolute Gasteiger partial charge is 0.385 e. The number of hydrogen-bond donors (Lipinski definition) is 2. The first-order valence-electron chi connectivity index (χ1n) is 7.06. The number of hydrogen-bond acceptors (Lipinski definition) is 4. The number of H-pyrrole nitrogens is 1. The van der Waals surface area contributed by atoms with E-state index in [2.05, 4.69) is 27.4 Å². The van der Waals surface area contributed by atoms with Crippen molar-refractivity contribution in [1.29, 1.82) is 0 Å². The van der Waals surface area contributed by atoms with E-state index in [4.69, 9.17) is 0 Å². The quantitative estimate of drug-likeness (QED) is 0.854. The Morgan fingerprint density at radius 2 is 2.24 bits per heavy atom. The van der Waals surface area contributed by atoms with Crippen LogP contribution < -0.4 is 5.32 Å². The SMILES string of the molecule is CCCNc1ccc(C(=O)N(C)Cc2ncn[nH]2)cc1C. The Hall–Kier alpha value is -2.37. The van der Waals surface area contributed by atoms with Crippen LogP contribution >= 0.6 is 0 Å². The Balaban J connectivity index is 2.06. The predicted octanol–water partition coefficient (Wildman–Crippen LogP) is 2.21. The van der Waals surface area contributed by atoms with E-state index in [9.17, 15) is 4.79 Å². The number of carbonyl (C=O) groups excluding carboxylic acids is 1. The lowest BCUT2D eigenvalue weighted by atomic mass is 10.1. The first-order chi connectivity index (χ1) is 10.1. The molecular weight excluding hydrogens is 266 g/mol. The number of amides is 1. The van der Waals surface area contributed by atoms with E-state index in [1.807, 2.05) is 25.1 Å². The third-order valence-corrected chi connectivity index (χ3v) is 3.24. The molecule has 1 heterocycles. The van der Waals surface area contributed by atoms with Crippen LogP contribution in [0.2, 0.25) is 0 Å². The maximum atomic E-state index is 12.4. The molecule has 1 aromatic heterocycles.